The molecule has 0 unspecified atom stereocenters. The van der Waals surface area contributed by atoms with Crippen LogP contribution in [0.4, 0.5) is 0 Å². The lowest BCUT2D eigenvalue weighted by atomic mass is 10.0. The highest BCUT2D eigenvalue weighted by Gasteiger charge is 2.08. The van der Waals surface area contributed by atoms with E-state index < -0.39 is 0 Å². The number of rotatable bonds is 3. The molecule has 2 nitrogen and oxygen atoms in total. The van der Waals surface area contributed by atoms with Crippen molar-refractivity contribution in [2.24, 2.45) is 0 Å². The molecule has 98 valence electrons. The van der Waals surface area contributed by atoms with E-state index in [1.165, 1.54) is 5.56 Å². The molecule has 1 aromatic heterocycles. The predicted octanol–water partition coefficient (Wildman–Crippen LogP) is 3.97. The lowest BCUT2D eigenvalue weighted by Gasteiger charge is -2.03. The Morgan fingerprint density at radius 2 is 1.80 bits per heavy atom. The molecule has 0 aliphatic rings. The van der Waals surface area contributed by atoms with E-state index in [9.17, 15) is 4.79 Å². The van der Waals surface area contributed by atoms with Crippen LogP contribution in [-0.2, 0) is 6.42 Å². The van der Waals surface area contributed by atoms with Crippen LogP contribution in [0.15, 0.2) is 60.8 Å². The predicted molar refractivity (Wildman–Crippen MR) is 81.0 cm³/mol. The van der Waals surface area contributed by atoms with Crippen molar-refractivity contribution >= 4 is 16.7 Å². The van der Waals surface area contributed by atoms with Gasteiger partial charge in [0, 0.05) is 23.6 Å². The topological polar surface area (TPSA) is 30.0 Å². The summed E-state index contributed by atoms with van der Waals surface area (Å²) in [4.78, 5) is 16.6. The van der Waals surface area contributed by atoms with Gasteiger partial charge >= 0.3 is 0 Å². The number of fused-ring (bicyclic) bond motifs is 1. The van der Waals surface area contributed by atoms with E-state index in [0.717, 1.165) is 16.5 Å². The van der Waals surface area contributed by atoms with Gasteiger partial charge in [0.05, 0.1) is 5.52 Å². The van der Waals surface area contributed by atoms with Crippen molar-refractivity contribution in [3.63, 3.8) is 0 Å². The van der Waals surface area contributed by atoms with Crippen LogP contribution in [0.25, 0.3) is 10.9 Å². The van der Waals surface area contributed by atoms with Crippen LogP contribution >= 0.6 is 0 Å². The van der Waals surface area contributed by atoms with Crippen LogP contribution in [0.3, 0.4) is 0 Å². The van der Waals surface area contributed by atoms with Gasteiger partial charge < -0.3 is 0 Å². The molecule has 0 amide bonds. The monoisotopic (exact) mass is 261 g/mol. The second kappa shape index (κ2) is 5.25. The molecule has 0 bridgehead atoms. The van der Waals surface area contributed by atoms with Crippen LogP contribution in [0.2, 0.25) is 0 Å². The molecule has 2 aromatic carbocycles. The quantitative estimate of drug-likeness (QED) is 0.668. The van der Waals surface area contributed by atoms with Crippen molar-refractivity contribution in [2.75, 3.05) is 0 Å². The number of pyridine rings is 1. The third-order valence-corrected chi connectivity index (χ3v) is 3.40. The van der Waals surface area contributed by atoms with Gasteiger partial charge in [0.15, 0.2) is 5.78 Å². The van der Waals surface area contributed by atoms with Crippen molar-refractivity contribution < 1.29 is 4.79 Å². The maximum atomic E-state index is 12.3. The van der Waals surface area contributed by atoms with E-state index in [4.69, 9.17) is 0 Å². The van der Waals surface area contributed by atoms with Gasteiger partial charge in [-0.1, -0.05) is 48.0 Å². The number of carbonyl (C=O) groups is 1. The minimum Gasteiger partial charge on any atom is -0.294 e. The van der Waals surface area contributed by atoms with Crippen molar-refractivity contribution in [2.45, 2.75) is 13.3 Å². The molecule has 3 rings (SSSR count). The molecule has 0 saturated carbocycles. The van der Waals surface area contributed by atoms with Gasteiger partial charge in [-0.3, -0.25) is 9.78 Å². The van der Waals surface area contributed by atoms with E-state index in [0.29, 0.717) is 12.0 Å². The standard InChI is InChI=1S/C18H15NO/c1-13-6-8-14(9-7-13)10-18(20)16-11-15-4-2-3-5-17(15)19-12-16/h2-9,11-12H,10H2,1H3. The first-order chi connectivity index (χ1) is 9.72. The number of para-hydroxylation sites is 1. The lowest BCUT2D eigenvalue weighted by molar-refractivity contribution is 0.0993. The fourth-order valence-electron chi connectivity index (χ4n) is 2.22. The molecule has 20 heavy (non-hydrogen) atoms. The summed E-state index contributed by atoms with van der Waals surface area (Å²) >= 11 is 0. The van der Waals surface area contributed by atoms with E-state index in [-0.39, 0.29) is 5.78 Å². The molecular formula is C18H15NO. The van der Waals surface area contributed by atoms with Crippen LogP contribution in [0, 0.1) is 6.92 Å². The van der Waals surface area contributed by atoms with Gasteiger partial charge in [0.1, 0.15) is 0 Å². The summed E-state index contributed by atoms with van der Waals surface area (Å²) in [6.45, 7) is 2.04. The molecular weight excluding hydrogens is 246 g/mol. The lowest BCUT2D eigenvalue weighted by Crippen LogP contribution is -2.04. The first-order valence-corrected chi connectivity index (χ1v) is 6.66. The summed E-state index contributed by atoms with van der Waals surface area (Å²) < 4.78 is 0. The van der Waals surface area contributed by atoms with Crippen LogP contribution < -0.4 is 0 Å². The first kappa shape index (κ1) is 12.5. The second-order valence-electron chi connectivity index (χ2n) is 5.00. The number of Topliss-reactive ketones (excluding diaryl/α,β-unsaturated/α-hetero) is 1. The fourth-order valence-corrected chi connectivity index (χ4v) is 2.22. The molecule has 0 N–H and O–H groups in total. The third-order valence-electron chi connectivity index (χ3n) is 3.40. The Morgan fingerprint density at radius 3 is 2.60 bits per heavy atom. The normalized spacial score (nSPS) is 10.7. The SMILES string of the molecule is Cc1ccc(CC(=O)c2cnc3ccccc3c2)cc1. The number of carbonyl (C=O) groups excluding carboxylic acids is 1. The Hall–Kier alpha value is -2.48. The maximum absolute atomic E-state index is 12.3. The molecule has 0 aliphatic heterocycles. The van der Waals surface area contributed by atoms with Gasteiger partial charge in [-0.25, -0.2) is 0 Å². The number of aromatic nitrogens is 1. The smallest absolute Gasteiger partial charge is 0.168 e. The second-order valence-corrected chi connectivity index (χ2v) is 5.00. The summed E-state index contributed by atoms with van der Waals surface area (Å²) in [5, 5.41) is 1.00. The Morgan fingerprint density at radius 1 is 1.05 bits per heavy atom. The van der Waals surface area contributed by atoms with Crippen molar-refractivity contribution in [1.29, 1.82) is 0 Å². The molecule has 3 aromatic rings. The molecule has 0 spiro atoms. The van der Waals surface area contributed by atoms with Crippen molar-refractivity contribution in [3.05, 3.63) is 77.5 Å². The molecule has 0 saturated heterocycles. The molecule has 0 atom stereocenters. The zero-order valence-corrected chi connectivity index (χ0v) is 11.3. The average molecular weight is 261 g/mol. The Labute approximate surface area is 118 Å². The summed E-state index contributed by atoms with van der Waals surface area (Å²) in [6, 6.07) is 17.8. The maximum Gasteiger partial charge on any atom is 0.168 e. The number of benzene rings is 2. The number of ketones is 1. The molecule has 2 heteroatoms. The number of hydrogen-bond acceptors (Lipinski definition) is 2. The highest BCUT2D eigenvalue weighted by atomic mass is 16.1. The zero-order valence-electron chi connectivity index (χ0n) is 11.3. The number of hydrogen-bond donors (Lipinski definition) is 0. The fraction of sp³-hybridized carbons (Fsp3) is 0.111. The van der Waals surface area contributed by atoms with E-state index in [2.05, 4.69) is 4.98 Å². The molecule has 0 aliphatic carbocycles. The Bertz CT molecular complexity index is 760. The number of nitrogens with zero attached hydrogens (tertiary/aromatic N) is 1. The minimum atomic E-state index is 0.104. The Kier molecular flexibility index (Phi) is 3.30. The van der Waals surface area contributed by atoms with Crippen molar-refractivity contribution in [3.8, 4) is 0 Å². The molecule has 0 radical (unpaired) electrons. The first-order valence-electron chi connectivity index (χ1n) is 6.66. The summed E-state index contributed by atoms with van der Waals surface area (Å²) in [5.74, 6) is 0.104. The van der Waals surface area contributed by atoms with Crippen LogP contribution in [0.1, 0.15) is 21.5 Å². The van der Waals surface area contributed by atoms with E-state index in [1.807, 2.05) is 61.5 Å². The van der Waals surface area contributed by atoms with Gasteiger partial charge in [-0.2, -0.15) is 0 Å². The van der Waals surface area contributed by atoms with Gasteiger partial charge in [0.25, 0.3) is 0 Å². The molecule has 1 heterocycles. The van der Waals surface area contributed by atoms with Crippen molar-refractivity contribution in [1.82, 2.24) is 4.98 Å². The van der Waals surface area contributed by atoms with Crippen LogP contribution in [0.5, 0.6) is 0 Å². The largest absolute Gasteiger partial charge is 0.294 e. The average Bonchev–Trinajstić information content (AvgIpc) is 2.49. The van der Waals surface area contributed by atoms with E-state index in [1.54, 1.807) is 6.20 Å². The summed E-state index contributed by atoms with van der Waals surface area (Å²) in [6.07, 6.45) is 2.08. The Balaban J connectivity index is 1.86. The summed E-state index contributed by atoms with van der Waals surface area (Å²) in [7, 11) is 0. The van der Waals surface area contributed by atoms with E-state index >= 15 is 0 Å². The van der Waals surface area contributed by atoms with Gasteiger partial charge in [-0.05, 0) is 24.6 Å². The van der Waals surface area contributed by atoms with Gasteiger partial charge in [0.2, 0.25) is 0 Å². The number of aryl methyl sites for hydroxylation is 1. The summed E-state index contributed by atoms with van der Waals surface area (Å²) in [5.41, 5.74) is 3.82. The van der Waals surface area contributed by atoms with Crippen LogP contribution in [-0.4, -0.2) is 10.8 Å². The highest BCUT2D eigenvalue weighted by Crippen LogP contribution is 2.15. The van der Waals surface area contributed by atoms with Gasteiger partial charge in [-0.15, -0.1) is 0 Å². The minimum absolute atomic E-state index is 0.104. The third kappa shape index (κ3) is 2.59. The molecule has 0 fully saturated rings. The highest BCUT2D eigenvalue weighted by molar-refractivity contribution is 5.99. The zero-order chi connectivity index (χ0) is 13.9.